The van der Waals surface area contributed by atoms with Gasteiger partial charge in [-0.15, -0.1) is 15.3 Å². The maximum atomic E-state index is 11.0. The highest BCUT2D eigenvalue weighted by atomic mass is 32.1. The van der Waals surface area contributed by atoms with Crippen LogP contribution in [-0.2, 0) is 17.8 Å². The summed E-state index contributed by atoms with van der Waals surface area (Å²) in [7, 11) is 1.57. The Balaban J connectivity index is 2.40. The smallest absolute Gasteiger partial charge is 0.358 e. The first-order valence-electron chi connectivity index (χ1n) is 5.17. The molecule has 8 nitrogen and oxygen atoms in total. The van der Waals surface area contributed by atoms with Gasteiger partial charge in [0.1, 0.15) is 11.6 Å². The first-order valence-corrected chi connectivity index (χ1v) is 5.98. The molecule has 0 saturated heterocycles. The van der Waals surface area contributed by atoms with Crippen LogP contribution in [0.15, 0.2) is 0 Å². The maximum absolute atomic E-state index is 11.0. The second kappa shape index (κ2) is 5.19. The molecule has 0 fully saturated rings. The van der Waals surface area contributed by atoms with Crippen molar-refractivity contribution in [3.63, 3.8) is 0 Å². The van der Waals surface area contributed by atoms with Crippen LogP contribution >= 0.6 is 11.3 Å². The van der Waals surface area contributed by atoms with Crippen LogP contribution < -0.4 is 0 Å². The number of carboxylic acids is 1. The lowest BCUT2D eigenvalue weighted by molar-refractivity contribution is 0.0689. The Labute approximate surface area is 106 Å². The normalized spacial score (nSPS) is 10.8. The van der Waals surface area contributed by atoms with E-state index in [0.29, 0.717) is 28.9 Å². The molecule has 96 valence electrons. The largest absolute Gasteiger partial charge is 0.476 e. The summed E-state index contributed by atoms with van der Waals surface area (Å²) in [6, 6.07) is 0. The van der Waals surface area contributed by atoms with Gasteiger partial charge < -0.3 is 9.84 Å². The standard InChI is InChI=1S/C9H11N5O3S/c1-3-5-7(8(15)16)11-13-14(5)9-12-10-6(18-9)4-17-2/h3-4H2,1-2H3,(H,15,16). The molecule has 18 heavy (non-hydrogen) atoms. The van der Waals surface area contributed by atoms with Gasteiger partial charge in [0.05, 0.1) is 5.69 Å². The van der Waals surface area contributed by atoms with Crippen LogP contribution in [-0.4, -0.2) is 43.4 Å². The zero-order valence-electron chi connectivity index (χ0n) is 9.82. The fourth-order valence-corrected chi connectivity index (χ4v) is 2.23. The van der Waals surface area contributed by atoms with E-state index >= 15 is 0 Å². The number of methoxy groups -OCH3 is 1. The molecule has 0 aliphatic heterocycles. The minimum absolute atomic E-state index is 0.0546. The lowest BCUT2D eigenvalue weighted by atomic mass is 10.2. The van der Waals surface area contributed by atoms with Gasteiger partial charge in [-0.05, 0) is 6.42 Å². The van der Waals surface area contributed by atoms with Crippen molar-refractivity contribution in [2.24, 2.45) is 0 Å². The van der Waals surface area contributed by atoms with E-state index in [9.17, 15) is 4.79 Å². The first kappa shape index (κ1) is 12.6. The lowest BCUT2D eigenvalue weighted by Crippen LogP contribution is -2.05. The van der Waals surface area contributed by atoms with E-state index in [4.69, 9.17) is 9.84 Å². The second-order valence-corrected chi connectivity index (χ2v) is 4.41. The Morgan fingerprint density at radius 1 is 1.44 bits per heavy atom. The van der Waals surface area contributed by atoms with E-state index in [1.165, 1.54) is 16.0 Å². The molecule has 0 bridgehead atoms. The molecule has 2 aromatic heterocycles. The Kier molecular flexibility index (Phi) is 3.63. The third-order valence-electron chi connectivity index (χ3n) is 2.21. The van der Waals surface area contributed by atoms with E-state index in [1.807, 2.05) is 6.92 Å². The van der Waals surface area contributed by atoms with Crippen LogP contribution in [0.2, 0.25) is 0 Å². The van der Waals surface area contributed by atoms with Crippen molar-refractivity contribution in [2.75, 3.05) is 7.11 Å². The molecule has 2 aromatic rings. The molecule has 0 aromatic carbocycles. The highest BCUT2D eigenvalue weighted by Gasteiger charge is 2.20. The van der Waals surface area contributed by atoms with Gasteiger partial charge >= 0.3 is 5.97 Å². The molecule has 0 unspecified atom stereocenters. The number of hydrogen-bond acceptors (Lipinski definition) is 7. The summed E-state index contributed by atoms with van der Waals surface area (Å²) in [4.78, 5) is 11.0. The van der Waals surface area contributed by atoms with Crippen molar-refractivity contribution in [3.8, 4) is 5.13 Å². The van der Waals surface area contributed by atoms with Crippen molar-refractivity contribution < 1.29 is 14.6 Å². The number of ether oxygens (including phenoxy) is 1. The molecule has 1 N–H and O–H groups in total. The molecular formula is C9H11N5O3S. The minimum atomic E-state index is -1.10. The average Bonchev–Trinajstić information content (AvgIpc) is 2.94. The summed E-state index contributed by atoms with van der Waals surface area (Å²) in [6.45, 7) is 2.19. The molecule has 0 atom stereocenters. The molecule has 0 aliphatic rings. The number of carboxylic acid groups (broad SMARTS) is 1. The Bertz CT molecular complexity index is 564. The van der Waals surface area contributed by atoms with Gasteiger partial charge in [-0.25, -0.2) is 4.79 Å². The third-order valence-corrected chi connectivity index (χ3v) is 3.08. The summed E-state index contributed by atoms with van der Waals surface area (Å²) in [5.74, 6) is -1.10. The zero-order valence-corrected chi connectivity index (χ0v) is 10.6. The first-order chi connectivity index (χ1) is 8.67. The van der Waals surface area contributed by atoms with Crippen LogP contribution in [0.1, 0.15) is 28.1 Å². The number of nitrogens with zero attached hydrogens (tertiary/aromatic N) is 5. The van der Waals surface area contributed by atoms with E-state index in [-0.39, 0.29) is 5.69 Å². The van der Waals surface area contributed by atoms with Crippen molar-refractivity contribution >= 4 is 17.3 Å². The average molecular weight is 269 g/mol. The number of carbonyl (C=O) groups is 1. The van der Waals surface area contributed by atoms with E-state index in [2.05, 4.69) is 20.5 Å². The van der Waals surface area contributed by atoms with Crippen molar-refractivity contribution in [2.45, 2.75) is 20.0 Å². The highest BCUT2D eigenvalue weighted by Crippen LogP contribution is 2.18. The van der Waals surface area contributed by atoms with Gasteiger partial charge in [0.2, 0.25) is 5.13 Å². The maximum Gasteiger partial charge on any atom is 0.358 e. The fourth-order valence-electron chi connectivity index (χ4n) is 1.45. The summed E-state index contributed by atoms with van der Waals surface area (Å²) in [5.41, 5.74) is 0.448. The summed E-state index contributed by atoms with van der Waals surface area (Å²) < 4.78 is 6.35. The minimum Gasteiger partial charge on any atom is -0.476 e. The number of aromatic carboxylic acids is 1. The Hall–Kier alpha value is -1.87. The number of rotatable bonds is 5. The second-order valence-electron chi connectivity index (χ2n) is 3.37. The van der Waals surface area contributed by atoms with Crippen molar-refractivity contribution in [1.82, 2.24) is 25.2 Å². The topological polar surface area (TPSA) is 103 Å². The van der Waals surface area contributed by atoms with Crippen LogP contribution in [0.3, 0.4) is 0 Å². The van der Waals surface area contributed by atoms with Gasteiger partial charge in [0, 0.05) is 7.11 Å². The van der Waals surface area contributed by atoms with Crippen molar-refractivity contribution in [3.05, 3.63) is 16.4 Å². The SMILES string of the molecule is CCc1c(C(=O)O)nnn1-c1nnc(COC)s1. The van der Waals surface area contributed by atoms with Gasteiger partial charge in [0.25, 0.3) is 0 Å². The molecular weight excluding hydrogens is 258 g/mol. The predicted molar refractivity (Wildman–Crippen MR) is 61.9 cm³/mol. The van der Waals surface area contributed by atoms with Gasteiger partial charge in [-0.1, -0.05) is 23.5 Å². The summed E-state index contributed by atoms with van der Waals surface area (Å²) in [5, 5.41) is 25.5. The Morgan fingerprint density at radius 3 is 2.83 bits per heavy atom. The monoisotopic (exact) mass is 269 g/mol. The molecule has 2 rings (SSSR count). The molecule has 9 heteroatoms. The van der Waals surface area contributed by atoms with Gasteiger partial charge in [-0.2, -0.15) is 4.68 Å². The van der Waals surface area contributed by atoms with Gasteiger partial charge in [-0.3, -0.25) is 0 Å². The molecule has 0 spiro atoms. The van der Waals surface area contributed by atoms with Crippen LogP contribution in [0, 0.1) is 0 Å². The quantitative estimate of drug-likeness (QED) is 0.844. The molecule has 0 aliphatic carbocycles. The number of hydrogen-bond donors (Lipinski definition) is 1. The lowest BCUT2D eigenvalue weighted by Gasteiger charge is -1.98. The Morgan fingerprint density at radius 2 is 2.22 bits per heavy atom. The molecule has 0 radical (unpaired) electrons. The van der Waals surface area contributed by atoms with Gasteiger partial charge in [0.15, 0.2) is 5.69 Å². The van der Waals surface area contributed by atoms with E-state index in [0.717, 1.165) is 0 Å². The van der Waals surface area contributed by atoms with E-state index < -0.39 is 5.97 Å². The van der Waals surface area contributed by atoms with Crippen molar-refractivity contribution in [1.29, 1.82) is 0 Å². The predicted octanol–water partition coefficient (Wildman–Crippen LogP) is 0.526. The third kappa shape index (κ3) is 2.22. The molecule has 2 heterocycles. The van der Waals surface area contributed by atoms with Crippen LogP contribution in [0.25, 0.3) is 5.13 Å². The molecule has 0 saturated carbocycles. The summed E-state index contributed by atoms with van der Waals surface area (Å²) >= 11 is 1.29. The zero-order chi connectivity index (χ0) is 13.1. The summed E-state index contributed by atoms with van der Waals surface area (Å²) in [6.07, 6.45) is 0.494. The van der Waals surface area contributed by atoms with Crippen LogP contribution in [0.5, 0.6) is 0 Å². The number of aromatic nitrogens is 5. The fraction of sp³-hybridized carbons (Fsp3) is 0.444. The highest BCUT2D eigenvalue weighted by molar-refractivity contribution is 7.13. The molecule has 0 amide bonds. The van der Waals surface area contributed by atoms with Crippen LogP contribution in [0.4, 0.5) is 0 Å². The van der Waals surface area contributed by atoms with E-state index in [1.54, 1.807) is 7.11 Å².